The number of carbonyl (C=O) groups excluding carboxylic acids is 3. The molecule has 0 radical (unpaired) electrons. The van der Waals surface area contributed by atoms with Crippen molar-refractivity contribution >= 4 is 87.9 Å². The number of phenols is 2. The lowest BCUT2D eigenvalue weighted by Gasteiger charge is -2.16. The Labute approximate surface area is 266 Å². The summed E-state index contributed by atoms with van der Waals surface area (Å²) >= 11 is 3.71. The van der Waals surface area contributed by atoms with Crippen molar-refractivity contribution in [3.63, 3.8) is 0 Å². The van der Waals surface area contributed by atoms with E-state index in [1.54, 1.807) is 49.6 Å². The van der Waals surface area contributed by atoms with E-state index in [4.69, 9.17) is 51.6 Å². The molecule has 3 amide bonds. The topological polar surface area (TPSA) is 137 Å². The number of hydrogen-bond donors (Lipinski definition) is 5. The number of rotatable bonds is 4. The Morgan fingerprint density at radius 1 is 0.905 bits per heavy atom. The Hall–Kier alpha value is -2.84. The molecule has 14 heteroatoms. The normalized spacial score (nSPS) is 12.5. The third-order valence-corrected chi connectivity index (χ3v) is 5.88. The molecule has 5 rings (SSSR count). The maximum atomic E-state index is 11.2. The Morgan fingerprint density at radius 2 is 1.55 bits per heavy atom. The van der Waals surface area contributed by atoms with E-state index < -0.39 is 11.4 Å². The summed E-state index contributed by atoms with van der Waals surface area (Å²) in [7, 11) is 16.4. The number of aromatic hydroxyl groups is 2. The molecule has 3 aromatic carbocycles. The van der Waals surface area contributed by atoms with Crippen molar-refractivity contribution in [2.45, 2.75) is 32.1 Å². The zero-order valence-corrected chi connectivity index (χ0v) is 26.8. The quantitative estimate of drug-likeness (QED) is 0.158. The lowest BCUT2D eigenvalue weighted by atomic mass is 10.0. The summed E-state index contributed by atoms with van der Waals surface area (Å²) in [6.07, 6.45) is 2.72. The van der Waals surface area contributed by atoms with E-state index >= 15 is 0 Å². The molecule has 3 aromatic rings. The minimum absolute atomic E-state index is 0.0214. The van der Waals surface area contributed by atoms with Crippen LogP contribution in [0.2, 0.25) is 0 Å². The van der Waals surface area contributed by atoms with Crippen LogP contribution in [-0.4, -0.2) is 52.3 Å². The molecule has 0 atom stereocenters. The molecule has 2 aliphatic rings. The predicted molar refractivity (Wildman–Crippen MR) is 170 cm³/mol. The van der Waals surface area contributed by atoms with Crippen LogP contribution in [0.4, 0.5) is 17.1 Å². The molecule has 0 saturated heterocycles. The number of alkyl halides is 1. The molecular weight excluding hydrogens is 643 g/mol. The van der Waals surface area contributed by atoms with Crippen LogP contribution in [0.1, 0.15) is 30.4 Å². The van der Waals surface area contributed by atoms with Crippen LogP contribution in [0.15, 0.2) is 60.7 Å². The van der Waals surface area contributed by atoms with Gasteiger partial charge in [-0.3, -0.25) is 14.4 Å². The van der Waals surface area contributed by atoms with Crippen molar-refractivity contribution in [3.05, 3.63) is 71.8 Å². The van der Waals surface area contributed by atoms with Crippen molar-refractivity contribution in [1.82, 2.24) is 0 Å². The van der Waals surface area contributed by atoms with E-state index in [9.17, 15) is 19.5 Å². The Bertz CT molecular complexity index is 1350. The number of anilines is 3. The number of hydrogen-bond acceptors (Lipinski definition) is 6. The molecular formula is C28H30AlCl4N3O6. The number of nitrogens with one attached hydrogen (secondary N) is 3. The molecule has 0 bridgehead atoms. The largest absolute Gasteiger partial charge is 0.643 e. The SMILES string of the molecule is COc1cccc(NC(=O)CCCl)c1.O=C1CCc2c(O)cccc2N1.O=C1CCc2ccc(O)cc2N1.[Cl][Al]([Cl])[Cl]. The fraction of sp³-hybridized carbons (Fsp3) is 0.250. The van der Waals surface area contributed by atoms with E-state index in [1.165, 1.54) is 0 Å². The lowest BCUT2D eigenvalue weighted by molar-refractivity contribution is -0.117. The van der Waals surface area contributed by atoms with E-state index in [0.717, 1.165) is 34.6 Å². The van der Waals surface area contributed by atoms with Gasteiger partial charge in [-0.25, -0.2) is 30.1 Å². The molecule has 0 spiro atoms. The monoisotopic (exact) mass is 671 g/mol. The number of methoxy groups -OCH3 is 1. The molecule has 0 unspecified atom stereocenters. The van der Waals surface area contributed by atoms with Gasteiger partial charge in [-0.05, 0) is 48.7 Å². The van der Waals surface area contributed by atoms with E-state index in [-0.39, 0.29) is 29.2 Å². The van der Waals surface area contributed by atoms with Gasteiger partial charge < -0.3 is 30.9 Å². The fourth-order valence-electron chi connectivity index (χ4n) is 3.78. The second kappa shape index (κ2) is 18.6. The van der Waals surface area contributed by atoms with E-state index in [2.05, 4.69) is 16.0 Å². The molecule has 0 aliphatic carbocycles. The summed E-state index contributed by atoms with van der Waals surface area (Å²) in [4.78, 5) is 33.1. The third kappa shape index (κ3) is 13.0. The smallest absolute Gasteiger partial charge is 0.508 e. The highest BCUT2D eigenvalue weighted by Gasteiger charge is 2.16. The molecule has 0 fully saturated rings. The van der Waals surface area contributed by atoms with Crippen LogP contribution in [0.5, 0.6) is 17.2 Å². The summed E-state index contributed by atoms with van der Waals surface area (Å²) in [5.74, 6) is 1.46. The second-order valence-corrected chi connectivity index (χ2v) is 15.5. The minimum Gasteiger partial charge on any atom is -0.508 e. The van der Waals surface area contributed by atoms with Crippen LogP contribution >= 0.6 is 41.7 Å². The van der Waals surface area contributed by atoms with Gasteiger partial charge in [0.25, 0.3) is 0 Å². The Balaban J connectivity index is 0.000000207. The van der Waals surface area contributed by atoms with Crippen molar-refractivity contribution in [2.75, 3.05) is 28.9 Å². The van der Waals surface area contributed by atoms with Crippen LogP contribution in [0.3, 0.4) is 0 Å². The highest BCUT2D eigenvalue weighted by molar-refractivity contribution is 7.54. The Kier molecular flexibility index (Phi) is 15.7. The number of amides is 3. The van der Waals surface area contributed by atoms with Gasteiger partial charge in [0, 0.05) is 59.9 Å². The average molecular weight is 673 g/mol. The summed E-state index contributed by atoms with van der Waals surface area (Å²) in [6, 6.07) is 17.4. The van der Waals surface area contributed by atoms with Gasteiger partial charge in [0.05, 0.1) is 7.11 Å². The van der Waals surface area contributed by atoms with E-state index in [1.807, 2.05) is 18.2 Å². The number of benzene rings is 3. The first-order chi connectivity index (χ1) is 20.0. The summed E-state index contributed by atoms with van der Waals surface area (Å²) in [6.45, 7) is 0. The molecule has 0 saturated carbocycles. The van der Waals surface area contributed by atoms with Gasteiger partial charge in [0.2, 0.25) is 17.7 Å². The van der Waals surface area contributed by atoms with E-state index in [0.29, 0.717) is 37.3 Å². The zero-order valence-electron chi connectivity index (χ0n) is 22.6. The van der Waals surface area contributed by atoms with Crippen LogP contribution in [0.25, 0.3) is 0 Å². The first-order valence-corrected chi connectivity index (χ1v) is 18.4. The highest BCUT2D eigenvalue weighted by atomic mass is 35.8. The fourth-order valence-corrected chi connectivity index (χ4v) is 3.95. The number of phenolic OH excluding ortho intramolecular Hbond substituents is 2. The second-order valence-electron chi connectivity index (χ2n) is 8.71. The third-order valence-electron chi connectivity index (χ3n) is 5.69. The summed E-state index contributed by atoms with van der Waals surface area (Å²) in [5.41, 5.74) is 4.14. The predicted octanol–water partition coefficient (Wildman–Crippen LogP) is 6.50. The number of ether oxygens (including phenoxy) is 1. The number of halogens is 4. The summed E-state index contributed by atoms with van der Waals surface area (Å²) in [5, 5.41) is 26.6. The van der Waals surface area contributed by atoms with Gasteiger partial charge in [0.15, 0.2) is 0 Å². The van der Waals surface area contributed by atoms with Crippen molar-refractivity contribution in [1.29, 1.82) is 0 Å². The van der Waals surface area contributed by atoms with Crippen LogP contribution < -0.4 is 20.7 Å². The van der Waals surface area contributed by atoms with Crippen LogP contribution in [-0.2, 0) is 27.2 Å². The first-order valence-electron chi connectivity index (χ1n) is 12.7. The van der Waals surface area contributed by atoms with Gasteiger partial charge in [-0.15, -0.1) is 11.6 Å². The number of aryl methyl sites for hydroxylation is 1. The zero-order chi connectivity index (χ0) is 31.1. The molecule has 0 aromatic heterocycles. The molecule has 42 heavy (non-hydrogen) atoms. The molecule has 5 N–H and O–H groups in total. The van der Waals surface area contributed by atoms with Crippen LogP contribution in [0, 0.1) is 0 Å². The standard InChI is InChI=1S/C10H12ClNO2.2C9H9NO2.Al.3ClH/c1-14-9-4-2-3-8(7-9)12-10(13)5-6-11;11-7-3-1-6-2-4-9(12)10-8(6)5-7;11-8-3-1-2-7-6(8)4-5-9(12)10-7;;;;/h2-4,7H,5-6H2,1H3,(H,12,13);1,3,5,11H,2,4H2,(H,10,12);1-3,11H,4-5H2,(H,10,12);;3*1H/q;;;+3;;;/p-3. The van der Waals surface area contributed by atoms with Gasteiger partial charge >= 0.3 is 11.4 Å². The molecule has 224 valence electrons. The maximum Gasteiger partial charge on any atom is 0.643 e. The Morgan fingerprint density at radius 3 is 2.21 bits per heavy atom. The molecule has 2 aliphatic heterocycles. The van der Waals surface area contributed by atoms with Crippen molar-refractivity contribution < 1.29 is 29.3 Å². The molecule has 2 heterocycles. The maximum absolute atomic E-state index is 11.2. The minimum atomic E-state index is -1.72. The highest BCUT2D eigenvalue weighted by Crippen LogP contribution is 2.29. The average Bonchev–Trinajstić information content (AvgIpc) is 2.93. The van der Waals surface area contributed by atoms with Gasteiger partial charge in [-0.1, -0.05) is 18.2 Å². The van der Waals surface area contributed by atoms with Crippen molar-refractivity contribution in [3.8, 4) is 17.2 Å². The lowest BCUT2D eigenvalue weighted by Crippen LogP contribution is -2.18. The first kappa shape index (κ1) is 35.4. The van der Waals surface area contributed by atoms with Gasteiger partial charge in [-0.2, -0.15) is 0 Å². The number of fused-ring (bicyclic) bond motifs is 2. The van der Waals surface area contributed by atoms with Crippen molar-refractivity contribution in [2.24, 2.45) is 0 Å². The summed E-state index contributed by atoms with van der Waals surface area (Å²) < 4.78 is 5.02. The molecule has 9 nitrogen and oxygen atoms in total. The van der Waals surface area contributed by atoms with Gasteiger partial charge in [0.1, 0.15) is 17.2 Å². The number of carbonyl (C=O) groups is 3.